The van der Waals surface area contributed by atoms with Gasteiger partial charge in [-0.1, -0.05) is 0 Å². The van der Waals surface area contributed by atoms with E-state index in [-0.39, 0.29) is 35.8 Å². The molecule has 0 spiro atoms. The Hall–Kier alpha value is -2.27. The van der Waals surface area contributed by atoms with Gasteiger partial charge in [-0.2, -0.15) is 0 Å². The number of pyridine rings is 1. The summed E-state index contributed by atoms with van der Waals surface area (Å²) in [5.74, 6) is 0.961. The van der Waals surface area contributed by atoms with Crippen LogP contribution in [0.4, 0.5) is 0 Å². The van der Waals surface area contributed by atoms with E-state index in [9.17, 15) is 14.2 Å². The second-order valence-electron chi connectivity index (χ2n) is 11.4. The van der Waals surface area contributed by atoms with Crippen LogP contribution in [0.3, 0.4) is 0 Å². The lowest BCUT2D eigenvalue weighted by molar-refractivity contribution is -0.149. The van der Waals surface area contributed by atoms with Crippen LogP contribution in [0.25, 0.3) is 10.9 Å². The Morgan fingerprint density at radius 1 is 1.11 bits per heavy atom. The molecule has 0 N–H and O–H groups in total. The molecule has 0 radical (unpaired) electrons. The highest BCUT2D eigenvalue weighted by molar-refractivity contribution is 8.01. The fourth-order valence-corrected chi connectivity index (χ4v) is 10.5. The molecule has 1 aliphatic heterocycles. The number of fused-ring (bicyclic) bond motifs is 1. The Bertz CT molecular complexity index is 1460. The molecule has 1 fully saturated rings. The number of hydrogen-bond donors (Lipinski definition) is 0. The number of thioether (sulfide) groups is 1. The van der Waals surface area contributed by atoms with Crippen LogP contribution in [-0.2, 0) is 23.1 Å². The molecular formula is C32H43N2O7PS2. The Balaban J connectivity index is 1.36. The number of carbonyl (C=O) groups excluding carboxylic acids is 2. The molecule has 1 aromatic carbocycles. The lowest BCUT2D eigenvalue weighted by Crippen LogP contribution is -2.45. The highest BCUT2D eigenvalue weighted by atomic mass is 32.2. The number of Topliss-reactive ketones (excluding diaryl/α,β-unsaturated/α-hetero) is 1. The van der Waals surface area contributed by atoms with E-state index >= 15 is 0 Å². The SMILES string of the molecule is COC(=O)[C@H]1CN(CCSc2sccc2P(=O)(OC(C)C)OC(C)C)CC[C@H]1CCC(=O)c1ccnc2ccc(OC)cc12. The number of thiophene rings is 1. The lowest BCUT2D eigenvalue weighted by atomic mass is 9.81. The maximum atomic E-state index is 13.7. The summed E-state index contributed by atoms with van der Waals surface area (Å²) in [6.07, 6.45) is 2.92. The molecule has 12 heteroatoms. The zero-order valence-electron chi connectivity index (χ0n) is 26.3. The average molecular weight is 663 g/mol. The second-order valence-corrected chi connectivity index (χ2v) is 15.6. The van der Waals surface area contributed by atoms with Crippen LogP contribution >= 0.6 is 30.7 Å². The normalized spacial score (nSPS) is 17.8. The van der Waals surface area contributed by atoms with Gasteiger partial charge < -0.3 is 23.4 Å². The number of ketones is 1. The number of esters is 1. The quantitative estimate of drug-likeness (QED) is 0.0744. The summed E-state index contributed by atoms with van der Waals surface area (Å²) < 4.78 is 36.8. The first-order chi connectivity index (χ1) is 21.0. The summed E-state index contributed by atoms with van der Waals surface area (Å²) in [6, 6.07) is 9.12. The van der Waals surface area contributed by atoms with Crippen LogP contribution < -0.4 is 10.0 Å². The number of rotatable bonds is 15. The van der Waals surface area contributed by atoms with Crippen molar-refractivity contribution in [1.82, 2.24) is 9.88 Å². The van der Waals surface area contributed by atoms with Crippen molar-refractivity contribution in [2.45, 2.75) is 63.4 Å². The van der Waals surface area contributed by atoms with Crippen molar-refractivity contribution in [3.63, 3.8) is 0 Å². The molecule has 3 heterocycles. The van der Waals surface area contributed by atoms with Gasteiger partial charge in [0.1, 0.15) is 5.75 Å². The molecule has 2 atom stereocenters. The smallest absolute Gasteiger partial charge is 0.363 e. The third-order valence-electron chi connectivity index (χ3n) is 7.58. The van der Waals surface area contributed by atoms with Crippen LogP contribution in [0, 0.1) is 11.8 Å². The fraction of sp³-hybridized carbons (Fsp3) is 0.531. The van der Waals surface area contributed by atoms with E-state index in [0.29, 0.717) is 36.0 Å². The third-order valence-corrected chi connectivity index (χ3v) is 12.5. The first-order valence-corrected chi connectivity index (χ1v) is 18.4. The van der Waals surface area contributed by atoms with Crippen molar-refractivity contribution in [3.05, 3.63) is 47.5 Å². The molecule has 9 nitrogen and oxygen atoms in total. The van der Waals surface area contributed by atoms with E-state index in [1.54, 1.807) is 31.1 Å². The van der Waals surface area contributed by atoms with E-state index in [1.807, 2.05) is 57.3 Å². The predicted molar refractivity (Wildman–Crippen MR) is 177 cm³/mol. The number of methoxy groups -OCH3 is 2. The maximum Gasteiger partial charge on any atom is 0.363 e. The van der Waals surface area contributed by atoms with Gasteiger partial charge in [0.05, 0.1) is 47.4 Å². The Labute approximate surface area is 268 Å². The third kappa shape index (κ3) is 8.71. The zero-order chi connectivity index (χ0) is 31.9. The van der Waals surface area contributed by atoms with Crippen LogP contribution in [0.2, 0.25) is 0 Å². The van der Waals surface area contributed by atoms with Crippen LogP contribution in [0.1, 0.15) is 57.3 Å². The largest absolute Gasteiger partial charge is 0.497 e. The number of hydrogen-bond acceptors (Lipinski definition) is 11. The zero-order valence-corrected chi connectivity index (χ0v) is 28.8. The highest BCUT2D eigenvalue weighted by Gasteiger charge is 2.36. The Morgan fingerprint density at radius 2 is 1.86 bits per heavy atom. The van der Waals surface area contributed by atoms with Crippen LogP contribution in [-0.4, -0.2) is 73.5 Å². The van der Waals surface area contributed by atoms with Crippen LogP contribution in [0.5, 0.6) is 5.75 Å². The van der Waals surface area contributed by atoms with E-state index < -0.39 is 7.60 Å². The van der Waals surface area contributed by atoms with Crippen molar-refractivity contribution in [3.8, 4) is 5.75 Å². The van der Waals surface area contributed by atoms with Gasteiger partial charge in [0.15, 0.2) is 5.78 Å². The van der Waals surface area contributed by atoms with Gasteiger partial charge in [-0.15, -0.1) is 23.1 Å². The molecule has 0 unspecified atom stereocenters. The van der Waals surface area contributed by atoms with E-state index in [1.165, 1.54) is 18.4 Å². The van der Waals surface area contributed by atoms with Gasteiger partial charge in [-0.25, -0.2) is 0 Å². The minimum Gasteiger partial charge on any atom is -0.497 e. The summed E-state index contributed by atoms with van der Waals surface area (Å²) in [6.45, 7) is 9.56. The number of aromatic nitrogens is 1. The van der Waals surface area contributed by atoms with Crippen LogP contribution in [0.15, 0.2) is 46.1 Å². The standard InChI is InChI=1S/C32H43N2O7PS2/c1-21(2)40-42(37,41-22(3)4)30-13-17-43-32(30)44-18-16-34-15-12-23(27(20-34)31(36)39-6)7-10-29(35)25-11-14-33-28-9-8-24(38-5)19-26(25)28/h8-9,11,13-14,17,19,21-23,27H,7,10,12,15-16,18,20H2,1-6H3/t23-,27+/m1/s1. The fourth-order valence-electron chi connectivity index (χ4n) is 5.54. The average Bonchev–Trinajstić information content (AvgIpc) is 3.48. The molecule has 1 saturated heterocycles. The summed E-state index contributed by atoms with van der Waals surface area (Å²) in [5, 5.41) is 3.31. The topological polar surface area (TPSA) is 104 Å². The first kappa shape index (κ1) is 34.6. The van der Waals surface area contributed by atoms with Gasteiger partial charge in [0.2, 0.25) is 0 Å². The summed E-state index contributed by atoms with van der Waals surface area (Å²) in [7, 11) is -0.441. The molecule has 240 valence electrons. The van der Waals surface area contributed by atoms with Gasteiger partial charge in [-0.3, -0.25) is 19.1 Å². The number of ether oxygens (including phenoxy) is 2. The monoisotopic (exact) mass is 662 g/mol. The molecule has 0 amide bonds. The minimum absolute atomic E-state index is 0.0278. The molecule has 0 bridgehead atoms. The number of piperidine rings is 1. The molecule has 2 aromatic heterocycles. The molecule has 44 heavy (non-hydrogen) atoms. The maximum absolute atomic E-state index is 13.7. The molecular weight excluding hydrogens is 619 g/mol. The van der Waals surface area contributed by atoms with Crippen molar-refractivity contribution in [2.75, 3.05) is 39.6 Å². The minimum atomic E-state index is -3.46. The molecule has 0 aliphatic carbocycles. The Kier molecular flexibility index (Phi) is 12.4. The number of benzene rings is 1. The van der Waals surface area contributed by atoms with Crippen molar-refractivity contribution < 1.29 is 32.7 Å². The summed E-state index contributed by atoms with van der Waals surface area (Å²) in [5.41, 5.74) is 1.36. The van der Waals surface area contributed by atoms with Gasteiger partial charge in [0, 0.05) is 42.4 Å². The van der Waals surface area contributed by atoms with Gasteiger partial charge in [-0.05, 0) is 88.7 Å². The highest BCUT2D eigenvalue weighted by Crippen LogP contribution is 2.52. The Morgan fingerprint density at radius 3 is 2.55 bits per heavy atom. The van der Waals surface area contributed by atoms with Crippen molar-refractivity contribution in [1.29, 1.82) is 0 Å². The second kappa shape index (κ2) is 15.8. The number of nitrogens with zero attached hydrogens (tertiary/aromatic N) is 2. The van der Waals surface area contributed by atoms with E-state index in [0.717, 1.165) is 40.4 Å². The molecule has 4 rings (SSSR count). The molecule has 0 saturated carbocycles. The number of carbonyl (C=O) groups is 2. The lowest BCUT2D eigenvalue weighted by Gasteiger charge is -2.37. The summed E-state index contributed by atoms with van der Waals surface area (Å²) >= 11 is 3.16. The van der Waals surface area contributed by atoms with Gasteiger partial charge in [0.25, 0.3) is 0 Å². The molecule has 1 aliphatic rings. The van der Waals surface area contributed by atoms with E-state index in [4.69, 9.17) is 18.5 Å². The first-order valence-electron chi connectivity index (χ1n) is 15.0. The van der Waals surface area contributed by atoms with Crippen molar-refractivity contribution >= 4 is 58.7 Å². The predicted octanol–water partition coefficient (Wildman–Crippen LogP) is 6.84. The van der Waals surface area contributed by atoms with Crippen molar-refractivity contribution in [2.24, 2.45) is 11.8 Å². The van der Waals surface area contributed by atoms with E-state index in [2.05, 4.69) is 9.88 Å². The van der Waals surface area contributed by atoms with Gasteiger partial charge >= 0.3 is 13.6 Å². The summed E-state index contributed by atoms with van der Waals surface area (Å²) in [4.78, 5) is 32.9. The molecule has 3 aromatic rings. The number of likely N-dealkylation sites (tertiary alicyclic amines) is 1.